The number of hydrogen-bond acceptors (Lipinski definition) is 5. The summed E-state index contributed by atoms with van der Waals surface area (Å²) in [5, 5.41) is 4.94. The predicted octanol–water partition coefficient (Wildman–Crippen LogP) is 4.50. The largest absolute Gasteiger partial charge is 0.489 e. The Morgan fingerprint density at radius 3 is 2.70 bits per heavy atom. The fourth-order valence-electron chi connectivity index (χ4n) is 3.52. The van der Waals surface area contributed by atoms with Gasteiger partial charge < -0.3 is 14.8 Å². The molecule has 0 spiro atoms. The average molecular weight is 421 g/mol. The van der Waals surface area contributed by atoms with E-state index < -0.39 is 17.6 Å². The van der Waals surface area contributed by atoms with Crippen LogP contribution >= 0.6 is 0 Å². The van der Waals surface area contributed by atoms with Gasteiger partial charge in [0.25, 0.3) is 0 Å². The smallest absolute Gasteiger partial charge is 0.421 e. The molecule has 0 bridgehead atoms. The molecule has 1 aromatic carbocycles. The fourth-order valence-corrected chi connectivity index (χ4v) is 3.52. The molecule has 1 N–H and O–H groups in total. The molecule has 1 aliphatic rings. The van der Waals surface area contributed by atoms with Crippen LogP contribution in [-0.4, -0.2) is 29.2 Å². The van der Waals surface area contributed by atoms with Crippen LogP contribution in [0.4, 0.5) is 17.6 Å². The average Bonchev–Trinajstić information content (AvgIpc) is 2.70. The molecule has 4 rings (SSSR count). The van der Waals surface area contributed by atoms with Crippen LogP contribution in [0.15, 0.2) is 42.9 Å². The summed E-state index contributed by atoms with van der Waals surface area (Å²) >= 11 is 0. The Balaban J connectivity index is 1.35. The molecule has 5 nitrogen and oxygen atoms in total. The Hall–Kier alpha value is -2.94. The summed E-state index contributed by atoms with van der Waals surface area (Å²) in [6.45, 7) is 0.340. The zero-order chi connectivity index (χ0) is 21.3. The molecule has 3 aromatic rings. The molecule has 1 fully saturated rings. The van der Waals surface area contributed by atoms with E-state index in [1.165, 1.54) is 12.3 Å². The lowest BCUT2D eigenvalue weighted by molar-refractivity contribution is -0.139. The van der Waals surface area contributed by atoms with Gasteiger partial charge in [-0.15, -0.1) is 0 Å². The monoisotopic (exact) mass is 421 g/mol. The van der Waals surface area contributed by atoms with Gasteiger partial charge in [0, 0.05) is 35.9 Å². The van der Waals surface area contributed by atoms with Crippen molar-refractivity contribution in [2.45, 2.75) is 37.7 Å². The quantitative estimate of drug-likeness (QED) is 0.594. The zero-order valence-corrected chi connectivity index (χ0v) is 16.0. The van der Waals surface area contributed by atoms with Gasteiger partial charge >= 0.3 is 6.18 Å². The van der Waals surface area contributed by atoms with E-state index in [9.17, 15) is 17.6 Å². The highest BCUT2D eigenvalue weighted by Gasteiger charge is 2.37. The number of halogens is 4. The van der Waals surface area contributed by atoms with E-state index >= 15 is 0 Å². The first-order valence-electron chi connectivity index (χ1n) is 9.37. The van der Waals surface area contributed by atoms with Crippen LogP contribution in [0.2, 0.25) is 0 Å². The normalized spacial score (nSPS) is 18.8. The number of benzene rings is 1. The Bertz CT molecular complexity index is 1050. The van der Waals surface area contributed by atoms with Crippen molar-refractivity contribution in [3.63, 3.8) is 0 Å². The molecule has 0 aliphatic heterocycles. The molecule has 9 heteroatoms. The van der Waals surface area contributed by atoms with Gasteiger partial charge in [-0.1, -0.05) is 0 Å². The van der Waals surface area contributed by atoms with Gasteiger partial charge in [-0.25, -0.2) is 9.37 Å². The fraction of sp³-hybridized carbons (Fsp3) is 0.333. The van der Waals surface area contributed by atoms with E-state index in [4.69, 9.17) is 4.74 Å². The van der Waals surface area contributed by atoms with Crippen LogP contribution in [-0.2, 0) is 12.7 Å². The standard InChI is InChI=1S/C21H19F4N3O2/c1-29-20-18(21(23,24)25)8-15(10-28-20)30-14-6-13(7-14)27-11-17-16-4-5-26-9-12(16)2-3-19(17)22/h2-5,8-10,13-14,27H,6-7,11H2,1H3. The van der Waals surface area contributed by atoms with Crippen LogP contribution in [0, 0.1) is 5.82 Å². The maximum atomic E-state index is 14.3. The molecule has 1 saturated carbocycles. The number of fused-ring (bicyclic) bond motifs is 1. The highest BCUT2D eigenvalue weighted by molar-refractivity contribution is 5.84. The maximum Gasteiger partial charge on any atom is 0.421 e. The summed E-state index contributed by atoms with van der Waals surface area (Å²) in [7, 11) is 1.13. The summed E-state index contributed by atoms with van der Waals surface area (Å²) in [6, 6.07) is 5.86. The summed E-state index contributed by atoms with van der Waals surface area (Å²) in [5.74, 6) is -0.744. The molecule has 0 amide bonds. The van der Waals surface area contributed by atoms with E-state index in [-0.39, 0.29) is 23.7 Å². The third-order valence-corrected chi connectivity index (χ3v) is 5.16. The summed E-state index contributed by atoms with van der Waals surface area (Å²) in [4.78, 5) is 7.72. The second kappa shape index (κ2) is 8.06. The van der Waals surface area contributed by atoms with E-state index in [0.29, 0.717) is 24.9 Å². The number of ether oxygens (including phenoxy) is 2. The SMILES string of the molecule is COc1ncc(OC2CC(NCc3c(F)ccc4cnccc34)C2)cc1C(F)(F)F. The number of nitrogens with zero attached hydrogens (tertiary/aromatic N) is 2. The molecule has 0 atom stereocenters. The molecule has 2 aromatic heterocycles. The Morgan fingerprint density at radius 2 is 1.97 bits per heavy atom. The number of nitrogens with one attached hydrogen (secondary N) is 1. The number of methoxy groups -OCH3 is 1. The van der Waals surface area contributed by atoms with Crippen LogP contribution in [0.1, 0.15) is 24.0 Å². The molecule has 1 aliphatic carbocycles. The summed E-state index contributed by atoms with van der Waals surface area (Å²) in [5.41, 5.74) is -0.411. The van der Waals surface area contributed by atoms with Crippen molar-refractivity contribution < 1.29 is 27.0 Å². The van der Waals surface area contributed by atoms with E-state index in [2.05, 4.69) is 20.0 Å². The lowest BCUT2D eigenvalue weighted by Crippen LogP contribution is -2.46. The highest BCUT2D eigenvalue weighted by Crippen LogP contribution is 2.37. The van der Waals surface area contributed by atoms with Gasteiger partial charge in [0.05, 0.1) is 13.3 Å². The number of pyridine rings is 2. The molecule has 30 heavy (non-hydrogen) atoms. The van der Waals surface area contributed by atoms with Gasteiger partial charge in [-0.05, 0) is 42.5 Å². The minimum absolute atomic E-state index is 0.0409. The molecular weight excluding hydrogens is 402 g/mol. The van der Waals surface area contributed by atoms with Gasteiger partial charge in [-0.2, -0.15) is 13.2 Å². The lowest BCUT2D eigenvalue weighted by Gasteiger charge is -2.36. The zero-order valence-electron chi connectivity index (χ0n) is 16.0. The number of alkyl halides is 3. The third-order valence-electron chi connectivity index (χ3n) is 5.16. The van der Waals surface area contributed by atoms with Crippen LogP contribution in [0.3, 0.4) is 0 Å². The van der Waals surface area contributed by atoms with Gasteiger partial charge in [0.1, 0.15) is 23.2 Å². The van der Waals surface area contributed by atoms with E-state index in [0.717, 1.165) is 23.9 Å². The second-order valence-corrected chi connectivity index (χ2v) is 7.14. The van der Waals surface area contributed by atoms with Crippen molar-refractivity contribution in [1.29, 1.82) is 0 Å². The minimum Gasteiger partial charge on any atom is -0.489 e. The number of rotatable bonds is 6. The topological polar surface area (TPSA) is 56.3 Å². The molecular formula is C21H19F4N3O2. The number of aromatic nitrogens is 2. The Labute approximate surface area is 170 Å². The minimum atomic E-state index is -4.58. The molecule has 2 heterocycles. The first-order valence-corrected chi connectivity index (χ1v) is 9.37. The Kier molecular flexibility index (Phi) is 5.46. The van der Waals surface area contributed by atoms with Crippen LogP contribution < -0.4 is 14.8 Å². The third kappa shape index (κ3) is 4.16. The van der Waals surface area contributed by atoms with Crippen LogP contribution in [0.25, 0.3) is 10.8 Å². The van der Waals surface area contributed by atoms with Gasteiger partial charge in [0.2, 0.25) is 5.88 Å². The highest BCUT2D eigenvalue weighted by atomic mass is 19.4. The molecule has 0 radical (unpaired) electrons. The Morgan fingerprint density at radius 1 is 1.17 bits per heavy atom. The molecule has 0 unspecified atom stereocenters. The number of hydrogen-bond donors (Lipinski definition) is 1. The van der Waals surface area contributed by atoms with Crippen molar-refractivity contribution >= 4 is 10.8 Å². The van der Waals surface area contributed by atoms with Crippen molar-refractivity contribution in [2.75, 3.05) is 7.11 Å². The lowest BCUT2D eigenvalue weighted by atomic mass is 9.89. The van der Waals surface area contributed by atoms with E-state index in [1.54, 1.807) is 24.5 Å². The van der Waals surface area contributed by atoms with Crippen molar-refractivity contribution in [3.05, 3.63) is 59.8 Å². The first-order chi connectivity index (χ1) is 14.3. The van der Waals surface area contributed by atoms with Crippen molar-refractivity contribution in [2.24, 2.45) is 0 Å². The van der Waals surface area contributed by atoms with Gasteiger partial charge in [-0.3, -0.25) is 4.98 Å². The van der Waals surface area contributed by atoms with Gasteiger partial charge in [0.15, 0.2) is 0 Å². The molecule has 0 saturated heterocycles. The second-order valence-electron chi connectivity index (χ2n) is 7.14. The maximum absolute atomic E-state index is 14.3. The summed E-state index contributed by atoms with van der Waals surface area (Å²) in [6.07, 6.45) is 0.900. The van der Waals surface area contributed by atoms with Crippen molar-refractivity contribution in [1.82, 2.24) is 15.3 Å². The summed E-state index contributed by atoms with van der Waals surface area (Å²) < 4.78 is 63.8. The van der Waals surface area contributed by atoms with E-state index in [1.807, 2.05) is 0 Å². The van der Waals surface area contributed by atoms with Crippen LogP contribution in [0.5, 0.6) is 11.6 Å². The van der Waals surface area contributed by atoms with Crippen molar-refractivity contribution in [3.8, 4) is 11.6 Å². The molecule has 158 valence electrons. The first kappa shape index (κ1) is 20.3. The predicted molar refractivity (Wildman–Crippen MR) is 102 cm³/mol.